The summed E-state index contributed by atoms with van der Waals surface area (Å²) in [5, 5.41) is 3.63. The molecule has 2 amide bonds. The Labute approximate surface area is 224 Å². The van der Waals surface area contributed by atoms with E-state index in [1.807, 2.05) is 39.0 Å². The number of nitrogens with zero attached hydrogens (tertiary/aromatic N) is 2. The summed E-state index contributed by atoms with van der Waals surface area (Å²) < 4.78 is 26.4. The lowest BCUT2D eigenvalue weighted by atomic mass is 10.1. The van der Waals surface area contributed by atoms with Crippen molar-refractivity contribution in [3.8, 4) is 0 Å². The third-order valence-electron chi connectivity index (χ3n) is 5.75. The van der Waals surface area contributed by atoms with E-state index in [0.29, 0.717) is 27.8 Å². The molecule has 1 atom stereocenters. The van der Waals surface area contributed by atoms with Gasteiger partial charge in [-0.1, -0.05) is 42.3 Å². The molecule has 0 bridgehead atoms. The Hall–Kier alpha value is -2.29. The van der Waals surface area contributed by atoms with E-state index in [-0.39, 0.29) is 37.7 Å². The lowest BCUT2D eigenvalue weighted by molar-refractivity contribution is -0.140. The largest absolute Gasteiger partial charge is 0.354 e. The van der Waals surface area contributed by atoms with E-state index in [1.165, 1.54) is 9.21 Å². The van der Waals surface area contributed by atoms with Gasteiger partial charge in [-0.25, -0.2) is 8.42 Å². The van der Waals surface area contributed by atoms with Crippen LogP contribution in [0.5, 0.6) is 0 Å². The van der Waals surface area contributed by atoms with E-state index in [0.717, 1.165) is 23.8 Å². The average Bonchev–Trinajstić information content (AvgIpc) is 2.78. The number of carbonyl (C=O) groups excluding carboxylic acids is 2. The van der Waals surface area contributed by atoms with Gasteiger partial charge in [0.05, 0.1) is 11.9 Å². The molecule has 36 heavy (non-hydrogen) atoms. The topological polar surface area (TPSA) is 86.8 Å². The molecule has 0 heterocycles. The van der Waals surface area contributed by atoms with Gasteiger partial charge in [-0.3, -0.25) is 13.9 Å². The van der Waals surface area contributed by atoms with E-state index < -0.39 is 16.1 Å². The van der Waals surface area contributed by atoms with Gasteiger partial charge in [0.15, 0.2) is 0 Å². The van der Waals surface area contributed by atoms with Gasteiger partial charge in [0.1, 0.15) is 6.04 Å². The summed E-state index contributed by atoms with van der Waals surface area (Å²) in [6.07, 6.45) is 2.24. The number of carbonyl (C=O) groups is 2. The maximum atomic E-state index is 13.4. The highest BCUT2D eigenvalue weighted by Crippen LogP contribution is 2.27. The van der Waals surface area contributed by atoms with Crippen LogP contribution in [-0.2, 0) is 26.2 Å². The molecule has 1 unspecified atom stereocenters. The van der Waals surface area contributed by atoms with Gasteiger partial charge < -0.3 is 10.2 Å². The van der Waals surface area contributed by atoms with Gasteiger partial charge in [0.2, 0.25) is 21.8 Å². The first-order valence-electron chi connectivity index (χ1n) is 11.9. The van der Waals surface area contributed by atoms with Gasteiger partial charge >= 0.3 is 0 Å². The molecule has 0 aromatic heterocycles. The second kappa shape index (κ2) is 13.3. The van der Waals surface area contributed by atoms with Gasteiger partial charge in [0.25, 0.3) is 0 Å². The zero-order chi connectivity index (χ0) is 27.0. The fraction of sp³-hybridized carbons (Fsp3) is 0.462. The number of anilines is 1. The summed E-state index contributed by atoms with van der Waals surface area (Å²) in [5.74, 6) is -0.569. The number of amides is 2. The second-order valence-corrected chi connectivity index (χ2v) is 11.7. The van der Waals surface area contributed by atoms with Gasteiger partial charge in [-0.2, -0.15) is 0 Å². The minimum absolute atomic E-state index is 0.0459. The first kappa shape index (κ1) is 29.9. The Morgan fingerprint density at radius 1 is 1.06 bits per heavy atom. The highest BCUT2D eigenvalue weighted by molar-refractivity contribution is 7.92. The molecule has 1 N–H and O–H groups in total. The maximum absolute atomic E-state index is 13.4. The molecule has 0 aliphatic rings. The zero-order valence-electron chi connectivity index (χ0n) is 21.5. The fourth-order valence-corrected chi connectivity index (χ4v) is 5.40. The number of nitrogens with one attached hydrogen (secondary N) is 1. The van der Waals surface area contributed by atoms with Crippen molar-refractivity contribution in [2.45, 2.75) is 59.5 Å². The minimum Gasteiger partial charge on any atom is -0.354 e. The van der Waals surface area contributed by atoms with Crippen molar-refractivity contribution in [3.05, 3.63) is 63.1 Å². The first-order valence-corrected chi connectivity index (χ1v) is 14.5. The Morgan fingerprint density at radius 3 is 2.17 bits per heavy atom. The Kier molecular flexibility index (Phi) is 11.1. The monoisotopic (exact) mass is 555 g/mol. The predicted molar refractivity (Wildman–Crippen MR) is 147 cm³/mol. The molecule has 0 fully saturated rings. The lowest BCUT2D eigenvalue weighted by Gasteiger charge is -2.30. The van der Waals surface area contributed by atoms with Crippen molar-refractivity contribution < 1.29 is 18.0 Å². The summed E-state index contributed by atoms with van der Waals surface area (Å²) in [6, 6.07) is 9.90. The molecule has 0 saturated heterocycles. The number of sulfonamides is 1. The maximum Gasteiger partial charge on any atom is 0.242 e. The average molecular weight is 557 g/mol. The van der Waals surface area contributed by atoms with Crippen LogP contribution in [0.1, 0.15) is 49.8 Å². The van der Waals surface area contributed by atoms with Gasteiger partial charge in [-0.05, 0) is 69.0 Å². The van der Waals surface area contributed by atoms with Crippen LogP contribution < -0.4 is 9.62 Å². The SMILES string of the molecule is CCCNC(=O)C(C)N(Cc1c(Cl)cccc1Cl)C(=O)CCCN(c1cc(C)cc(C)c1)S(C)(=O)=O. The predicted octanol–water partition coefficient (Wildman–Crippen LogP) is 5.10. The van der Waals surface area contributed by atoms with Crippen LogP contribution in [0, 0.1) is 13.8 Å². The van der Waals surface area contributed by atoms with Crippen molar-refractivity contribution in [1.29, 1.82) is 0 Å². The minimum atomic E-state index is -3.56. The van der Waals surface area contributed by atoms with Crippen LogP contribution >= 0.6 is 23.2 Å². The van der Waals surface area contributed by atoms with Crippen LogP contribution in [0.4, 0.5) is 5.69 Å². The van der Waals surface area contributed by atoms with Crippen molar-refractivity contribution in [1.82, 2.24) is 10.2 Å². The van der Waals surface area contributed by atoms with Crippen molar-refractivity contribution in [3.63, 3.8) is 0 Å². The Balaban J connectivity index is 2.23. The number of aryl methyl sites for hydroxylation is 2. The molecule has 0 spiro atoms. The fourth-order valence-electron chi connectivity index (χ4n) is 3.93. The van der Waals surface area contributed by atoms with E-state index >= 15 is 0 Å². The summed E-state index contributed by atoms with van der Waals surface area (Å²) in [5.41, 5.74) is 3.01. The molecular weight excluding hydrogens is 521 g/mol. The van der Waals surface area contributed by atoms with Crippen molar-refractivity contribution >= 4 is 50.7 Å². The molecule has 2 aromatic rings. The first-order chi connectivity index (χ1) is 16.8. The summed E-state index contributed by atoms with van der Waals surface area (Å²) in [7, 11) is -3.56. The Bertz CT molecular complexity index is 1150. The number of hydrogen-bond donors (Lipinski definition) is 1. The summed E-state index contributed by atoms with van der Waals surface area (Å²) in [6.45, 7) is 8.10. The highest BCUT2D eigenvalue weighted by atomic mass is 35.5. The molecule has 198 valence electrons. The number of hydrogen-bond acceptors (Lipinski definition) is 4. The van der Waals surface area contributed by atoms with Crippen molar-refractivity contribution in [2.24, 2.45) is 0 Å². The Morgan fingerprint density at radius 2 is 1.64 bits per heavy atom. The third kappa shape index (κ3) is 8.39. The summed E-state index contributed by atoms with van der Waals surface area (Å²) in [4.78, 5) is 27.5. The molecule has 2 aromatic carbocycles. The van der Waals surface area contributed by atoms with Crippen LogP contribution in [0.2, 0.25) is 10.0 Å². The van der Waals surface area contributed by atoms with Crippen LogP contribution in [0.25, 0.3) is 0 Å². The molecule has 2 rings (SSSR count). The van der Waals surface area contributed by atoms with Crippen LogP contribution in [-0.4, -0.2) is 50.5 Å². The third-order valence-corrected chi connectivity index (χ3v) is 7.66. The van der Waals surface area contributed by atoms with E-state index in [4.69, 9.17) is 23.2 Å². The number of halogens is 2. The summed E-state index contributed by atoms with van der Waals surface area (Å²) >= 11 is 12.7. The number of rotatable bonds is 12. The van der Waals surface area contributed by atoms with E-state index in [9.17, 15) is 18.0 Å². The van der Waals surface area contributed by atoms with Crippen LogP contribution in [0.15, 0.2) is 36.4 Å². The normalized spacial score (nSPS) is 12.2. The van der Waals surface area contributed by atoms with Gasteiger partial charge in [0, 0.05) is 41.7 Å². The number of benzene rings is 2. The standard InChI is InChI=1S/C26H35Cl2N3O4S/c1-6-12-29-26(33)20(4)30(17-22-23(27)9-7-10-24(22)28)25(32)11-8-13-31(36(5,34)35)21-15-18(2)14-19(3)16-21/h7,9-10,14-16,20H,6,8,11-13,17H2,1-5H3,(H,29,33). The molecule has 0 aliphatic carbocycles. The molecule has 0 aliphatic heterocycles. The van der Waals surface area contributed by atoms with E-state index in [1.54, 1.807) is 25.1 Å². The van der Waals surface area contributed by atoms with E-state index in [2.05, 4.69) is 5.32 Å². The quantitative estimate of drug-likeness (QED) is 0.394. The smallest absolute Gasteiger partial charge is 0.242 e. The molecule has 0 radical (unpaired) electrons. The zero-order valence-corrected chi connectivity index (χ0v) is 23.8. The highest BCUT2D eigenvalue weighted by Gasteiger charge is 2.27. The molecule has 10 heteroatoms. The molecular formula is C26H35Cl2N3O4S. The molecule has 7 nitrogen and oxygen atoms in total. The van der Waals surface area contributed by atoms with Gasteiger partial charge in [-0.15, -0.1) is 0 Å². The van der Waals surface area contributed by atoms with Crippen molar-refractivity contribution in [2.75, 3.05) is 23.7 Å². The second-order valence-electron chi connectivity index (χ2n) is 8.97. The van der Waals surface area contributed by atoms with Crippen LogP contribution in [0.3, 0.4) is 0 Å². The lowest BCUT2D eigenvalue weighted by Crippen LogP contribution is -2.48. The molecule has 0 saturated carbocycles.